The summed E-state index contributed by atoms with van der Waals surface area (Å²) in [6.45, 7) is 3.35. The maximum atomic E-state index is 12.0. The van der Waals surface area contributed by atoms with E-state index in [0.29, 0.717) is 0 Å². The second kappa shape index (κ2) is 6.04. The molecule has 1 aromatic carbocycles. The number of amides is 1. The number of aliphatic carboxylic acids is 1. The molecular weight excluding hydrogens is 282 g/mol. The predicted octanol–water partition coefficient (Wildman–Crippen LogP) is 0.929. The summed E-state index contributed by atoms with van der Waals surface area (Å²) in [6, 6.07) is 4.46. The van der Waals surface area contributed by atoms with Crippen LogP contribution in [0.25, 0.3) is 0 Å². The molecule has 0 aromatic heterocycles. The van der Waals surface area contributed by atoms with E-state index < -0.39 is 27.8 Å². The molecule has 0 aliphatic rings. The van der Waals surface area contributed by atoms with Crippen molar-refractivity contribution < 1.29 is 23.1 Å². The van der Waals surface area contributed by atoms with Crippen molar-refractivity contribution in [1.29, 1.82) is 0 Å². The van der Waals surface area contributed by atoms with Gasteiger partial charge in [-0.15, -0.1) is 0 Å². The van der Waals surface area contributed by atoms with Gasteiger partial charge in [0.15, 0.2) is 9.84 Å². The summed E-state index contributed by atoms with van der Waals surface area (Å²) >= 11 is 0. The zero-order valence-electron chi connectivity index (χ0n) is 11.5. The second-order valence-electron chi connectivity index (χ2n) is 4.83. The molecule has 1 amide bonds. The Balaban J connectivity index is 3.01. The molecule has 6 nitrogen and oxygen atoms in total. The van der Waals surface area contributed by atoms with E-state index in [0.717, 1.165) is 6.26 Å². The lowest BCUT2D eigenvalue weighted by Crippen LogP contribution is -2.44. The van der Waals surface area contributed by atoms with Crippen molar-refractivity contribution in [3.63, 3.8) is 0 Å². The minimum Gasteiger partial charge on any atom is -0.480 e. The number of hydrogen-bond acceptors (Lipinski definition) is 4. The van der Waals surface area contributed by atoms with E-state index in [1.54, 1.807) is 13.8 Å². The van der Waals surface area contributed by atoms with Gasteiger partial charge >= 0.3 is 5.97 Å². The predicted molar refractivity (Wildman–Crippen MR) is 73.3 cm³/mol. The third-order valence-electron chi connectivity index (χ3n) is 2.74. The number of sulfone groups is 1. The van der Waals surface area contributed by atoms with Crippen molar-refractivity contribution >= 4 is 21.7 Å². The Kier molecular flexibility index (Phi) is 4.88. The first-order valence-electron chi connectivity index (χ1n) is 5.96. The molecule has 0 aliphatic heterocycles. The quantitative estimate of drug-likeness (QED) is 0.842. The molecule has 0 spiro atoms. The Morgan fingerprint density at radius 1 is 1.25 bits per heavy atom. The second-order valence-corrected chi connectivity index (χ2v) is 6.85. The van der Waals surface area contributed by atoms with Gasteiger partial charge in [0.1, 0.15) is 6.04 Å². The largest absolute Gasteiger partial charge is 0.480 e. The summed E-state index contributed by atoms with van der Waals surface area (Å²) in [4.78, 5) is 23.0. The summed E-state index contributed by atoms with van der Waals surface area (Å²) in [7, 11) is -3.42. The van der Waals surface area contributed by atoms with Crippen molar-refractivity contribution in [2.75, 3.05) is 6.26 Å². The molecule has 0 heterocycles. The average Bonchev–Trinajstić information content (AvgIpc) is 2.34. The molecule has 0 bridgehead atoms. The van der Waals surface area contributed by atoms with E-state index in [-0.39, 0.29) is 16.4 Å². The molecule has 0 fully saturated rings. The van der Waals surface area contributed by atoms with Crippen LogP contribution in [0.3, 0.4) is 0 Å². The van der Waals surface area contributed by atoms with Crippen LogP contribution in [-0.2, 0) is 14.6 Å². The minimum absolute atomic E-state index is 0.0153. The molecule has 7 heteroatoms. The number of carbonyl (C=O) groups is 2. The zero-order valence-corrected chi connectivity index (χ0v) is 12.3. The molecule has 2 N–H and O–H groups in total. The molecule has 0 unspecified atom stereocenters. The van der Waals surface area contributed by atoms with Gasteiger partial charge in [0.05, 0.1) is 4.90 Å². The lowest BCUT2D eigenvalue weighted by atomic mass is 10.0. The molecule has 0 aliphatic carbocycles. The van der Waals surface area contributed by atoms with Gasteiger partial charge in [-0.3, -0.25) is 4.79 Å². The third kappa shape index (κ3) is 4.06. The highest BCUT2D eigenvalue weighted by Crippen LogP contribution is 2.12. The van der Waals surface area contributed by atoms with Gasteiger partial charge in [-0.05, 0) is 24.1 Å². The van der Waals surface area contributed by atoms with E-state index in [1.165, 1.54) is 24.3 Å². The fourth-order valence-electron chi connectivity index (χ4n) is 1.61. The van der Waals surface area contributed by atoms with Crippen LogP contribution < -0.4 is 5.32 Å². The highest BCUT2D eigenvalue weighted by molar-refractivity contribution is 7.90. The lowest BCUT2D eigenvalue weighted by Gasteiger charge is -2.18. The normalized spacial score (nSPS) is 13.0. The van der Waals surface area contributed by atoms with Crippen LogP contribution >= 0.6 is 0 Å². The molecule has 0 radical (unpaired) electrons. The molecule has 1 aromatic rings. The van der Waals surface area contributed by atoms with Crippen molar-refractivity contribution in [1.82, 2.24) is 5.32 Å². The fraction of sp³-hybridized carbons (Fsp3) is 0.385. The maximum Gasteiger partial charge on any atom is 0.326 e. The molecule has 0 saturated carbocycles. The lowest BCUT2D eigenvalue weighted by molar-refractivity contribution is -0.140. The van der Waals surface area contributed by atoms with Crippen LogP contribution in [0.4, 0.5) is 0 Å². The molecular formula is C13H17NO5S. The van der Waals surface area contributed by atoms with Gasteiger partial charge in [0.2, 0.25) is 0 Å². The number of carbonyl (C=O) groups excluding carboxylic acids is 1. The van der Waals surface area contributed by atoms with Crippen LogP contribution in [-0.4, -0.2) is 37.7 Å². The monoisotopic (exact) mass is 299 g/mol. The Morgan fingerprint density at radius 2 is 1.85 bits per heavy atom. The smallest absolute Gasteiger partial charge is 0.326 e. The average molecular weight is 299 g/mol. The summed E-state index contributed by atoms with van der Waals surface area (Å²) in [6.07, 6.45) is 1.04. The summed E-state index contributed by atoms with van der Waals surface area (Å²) in [5.74, 6) is -2.03. The molecule has 0 saturated heterocycles. The first-order chi connectivity index (χ1) is 9.12. The maximum absolute atomic E-state index is 12.0. The van der Waals surface area contributed by atoms with Crippen molar-refractivity contribution in [2.45, 2.75) is 24.8 Å². The minimum atomic E-state index is -3.42. The highest BCUT2D eigenvalue weighted by atomic mass is 32.2. The Labute approximate surface area is 117 Å². The van der Waals surface area contributed by atoms with Gasteiger partial charge < -0.3 is 10.4 Å². The Hall–Kier alpha value is -1.89. The fourth-order valence-corrected chi connectivity index (χ4v) is 2.27. The third-order valence-corrected chi connectivity index (χ3v) is 3.85. The van der Waals surface area contributed by atoms with E-state index >= 15 is 0 Å². The summed E-state index contributed by atoms with van der Waals surface area (Å²) < 4.78 is 22.8. The number of hydrogen-bond donors (Lipinski definition) is 2. The number of carboxylic acid groups (broad SMARTS) is 1. The molecule has 1 rings (SSSR count). The summed E-state index contributed by atoms with van der Waals surface area (Å²) in [5, 5.41) is 11.4. The first kappa shape index (κ1) is 16.2. The Bertz CT molecular complexity index is 621. The van der Waals surface area contributed by atoms with Gasteiger partial charge in [0, 0.05) is 11.8 Å². The number of benzene rings is 1. The zero-order chi connectivity index (χ0) is 15.5. The standard InChI is InChI=1S/C13H17NO5S/c1-8(2)11(13(16)17)14-12(15)9-5-4-6-10(7-9)20(3,18)19/h4-8,11H,1-3H3,(H,14,15)(H,16,17)/t11-/m0/s1. The number of carboxylic acids is 1. The van der Waals surface area contributed by atoms with E-state index in [1.807, 2.05) is 0 Å². The van der Waals surface area contributed by atoms with E-state index in [4.69, 9.17) is 5.11 Å². The number of rotatable bonds is 5. The van der Waals surface area contributed by atoms with E-state index in [2.05, 4.69) is 5.32 Å². The number of nitrogens with one attached hydrogen (secondary N) is 1. The van der Waals surface area contributed by atoms with E-state index in [9.17, 15) is 18.0 Å². The van der Waals surface area contributed by atoms with Crippen LogP contribution in [0.2, 0.25) is 0 Å². The summed E-state index contributed by atoms with van der Waals surface area (Å²) in [5.41, 5.74) is 0.111. The van der Waals surface area contributed by atoms with Crippen molar-refractivity contribution in [2.24, 2.45) is 5.92 Å². The highest BCUT2D eigenvalue weighted by Gasteiger charge is 2.24. The van der Waals surface area contributed by atoms with Gasteiger partial charge in [0.25, 0.3) is 5.91 Å². The topological polar surface area (TPSA) is 101 Å². The van der Waals surface area contributed by atoms with Crippen molar-refractivity contribution in [3.8, 4) is 0 Å². The van der Waals surface area contributed by atoms with Crippen LogP contribution in [0.1, 0.15) is 24.2 Å². The van der Waals surface area contributed by atoms with Crippen LogP contribution in [0, 0.1) is 5.92 Å². The van der Waals surface area contributed by atoms with Crippen LogP contribution in [0.5, 0.6) is 0 Å². The Morgan fingerprint density at radius 3 is 2.30 bits per heavy atom. The molecule has 20 heavy (non-hydrogen) atoms. The van der Waals surface area contributed by atoms with Gasteiger partial charge in [-0.2, -0.15) is 0 Å². The molecule has 1 atom stereocenters. The van der Waals surface area contributed by atoms with Crippen molar-refractivity contribution in [3.05, 3.63) is 29.8 Å². The van der Waals surface area contributed by atoms with Crippen LogP contribution in [0.15, 0.2) is 29.2 Å². The molecule has 110 valence electrons. The first-order valence-corrected chi connectivity index (χ1v) is 7.86. The SMILES string of the molecule is CC(C)[C@H](NC(=O)c1cccc(S(C)(=O)=O)c1)C(=O)O. The van der Waals surface area contributed by atoms with Gasteiger partial charge in [-0.1, -0.05) is 19.9 Å². The van der Waals surface area contributed by atoms with Gasteiger partial charge in [-0.25, -0.2) is 13.2 Å².